The number of piperazine rings is 1. The summed E-state index contributed by atoms with van der Waals surface area (Å²) in [6.45, 7) is 8.10. The topological polar surface area (TPSA) is 48.9 Å². The minimum atomic E-state index is -4.39. The van der Waals surface area contributed by atoms with E-state index in [1.165, 1.54) is 6.07 Å². The van der Waals surface area contributed by atoms with Crippen molar-refractivity contribution in [2.24, 2.45) is 0 Å². The molecule has 2 aliphatic rings. The lowest BCUT2D eigenvalue weighted by Gasteiger charge is -2.41. The van der Waals surface area contributed by atoms with E-state index in [9.17, 15) is 18.0 Å². The Hall–Kier alpha value is -2.03. The van der Waals surface area contributed by atoms with Crippen LogP contribution in [0.1, 0.15) is 19.4 Å². The van der Waals surface area contributed by atoms with Crippen molar-refractivity contribution in [2.45, 2.75) is 32.2 Å². The van der Waals surface area contributed by atoms with Gasteiger partial charge in [0.1, 0.15) is 11.9 Å². The summed E-state index contributed by atoms with van der Waals surface area (Å²) in [7, 11) is 0. The number of anilines is 1. The summed E-state index contributed by atoms with van der Waals surface area (Å²) in [4.78, 5) is 21.9. The highest BCUT2D eigenvalue weighted by Gasteiger charge is 2.35. The number of hydrogen-bond acceptors (Lipinski definition) is 5. The molecule has 0 spiro atoms. The molecule has 3 rings (SSSR count). The number of ether oxygens (including phenoxy) is 1. The zero-order chi connectivity index (χ0) is 18.9. The predicted molar refractivity (Wildman–Crippen MR) is 90.0 cm³/mol. The van der Waals surface area contributed by atoms with Crippen LogP contribution in [-0.2, 0) is 10.9 Å². The first-order valence-electron chi connectivity index (χ1n) is 8.72. The number of nitrogens with zero attached hydrogens (tertiary/aromatic N) is 4. The second-order valence-corrected chi connectivity index (χ2v) is 6.93. The number of alkyl halides is 3. The van der Waals surface area contributed by atoms with Crippen LogP contribution in [-0.4, -0.2) is 72.3 Å². The number of pyridine rings is 1. The van der Waals surface area contributed by atoms with E-state index in [4.69, 9.17) is 4.74 Å². The van der Waals surface area contributed by atoms with E-state index in [-0.39, 0.29) is 12.2 Å². The smallest absolute Gasteiger partial charge is 0.417 e. The lowest BCUT2D eigenvalue weighted by molar-refractivity contribution is -0.137. The summed E-state index contributed by atoms with van der Waals surface area (Å²) >= 11 is 0. The van der Waals surface area contributed by atoms with E-state index in [0.29, 0.717) is 38.0 Å². The SMILES string of the molecule is CC(C)N1CCN(C(=O)OC2CN(c3ccc(C(F)(F)F)cn3)C2)CC1. The molecular weight excluding hydrogens is 349 g/mol. The van der Waals surface area contributed by atoms with Gasteiger partial charge in [-0.15, -0.1) is 0 Å². The third-order valence-electron chi connectivity index (χ3n) is 4.82. The first-order valence-corrected chi connectivity index (χ1v) is 8.72. The van der Waals surface area contributed by atoms with Gasteiger partial charge in [-0.1, -0.05) is 0 Å². The van der Waals surface area contributed by atoms with Crippen molar-refractivity contribution in [3.05, 3.63) is 23.9 Å². The van der Waals surface area contributed by atoms with Crippen molar-refractivity contribution in [2.75, 3.05) is 44.2 Å². The molecular formula is C17H23F3N4O2. The molecule has 0 unspecified atom stereocenters. The van der Waals surface area contributed by atoms with E-state index in [2.05, 4.69) is 23.7 Å². The largest absolute Gasteiger partial charge is 0.442 e. The van der Waals surface area contributed by atoms with Gasteiger partial charge in [0.2, 0.25) is 0 Å². The van der Waals surface area contributed by atoms with Crippen LogP contribution in [0.2, 0.25) is 0 Å². The molecule has 2 fully saturated rings. The summed E-state index contributed by atoms with van der Waals surface area (Å²) in [5.41, 5.74) is -0.773. The number of hydrogen-bond donors (Lipinski definition) is 0. The summed E-state index contributed by atoms with van der Waals surface area (Å²) in [6.07, 6.45) is -4.14. The lowest BCUT2D eigenvalue weighted by atomic mass is 10.1. The maximum atomic E-state index is 12.5. The van der Waals surface area contributed by atoms with Gasteiger partial charge in [-0.2, -0.15) is 13.2 Å². The van der Waals surface area contributed by atoms with E-state index in [1.807, 2.05) is 0 Å². The van der Waals surface area contributed by atoms with E-state index < -0.39 is 11.7 Å². The molecule has 1 aromatic heterocycles. The van der Waals surface area contributed by atoms with Gasteiger partial charge >= 0.3 is 12.3 Å². The molecule has 3 heterocycles. The Morgan fingerprint density at radius 3 is 2.35 bits per heavy atom. The molecule has 0 radical (unpaired) electrons. The molecule has 2 saturated heterocycles. The molecule has 0 N–H and O–H groups in total. The van der Waals surface area contributed by atoms with Gasteiger partial charge in [0.05, 0.1) is 18.7 Å². The number of carbonyl (C=O) groups is 1. The Kier molecular flexibility index (Phi) is 5.27. The van der Waals surface area contributed by atoms with E-state index in [0.717, 1.165) is 25.4 Å². The third-order valence-corrected chi connectivity index (χ3v) is 4.82. The van der Waals surface area contributed by atoms with Crippen molar-refractivity contribution in [3.63, 3.8) is 0 Å². The minimum absolute atomic E-state index is 0.255. The van der Waals surface area contributed by atoms with Gasteiger partial charge in [-0.25, -0.2) is 9.78 Å². The molecule has 0 atom stereocenters. The van der Waals surface area contributed by atoms with Gasteiger partial charge in [0.15, 0.2) is 0 Å². The van der Waals surface area contributed by atoms with Crippen molar-refractivity contribution in [1.82, 2.24) is 14.8 Å². The molecule has 144 valence electrons. The molecule has 0 aromatic carbocycles. The van der Waals surface area contributed by atoms with Gasteiger partial charge in [-0.05, 0) is 26.0 Å². The Bertz CT molecular complexity index is 622. The Morgan fingerprint density at radius 1 is 1.19 bits per heavy atom. The predicted octanol–water partition coefficient (Wildman–Crippen LogP) is 2.45. The second kappa shape index (κ2) is 7.30. The first kappa shape index (κ1) is 18.8. The highest BCUT2D eigenvalue weighted by molar-refractivity contribution is 5.68. The molecule has 1 aromatic rings. The van der Waals surface area contributed by atoms with Crippen LogP contribution in [0.15, 0.2) is 18.3 Å². The van der Waals surface area contributed by atoms with Crippen molar-refractivity contribution in [1.29, 1.82) is 0 Å². The number of aromatic nitrogens is 1. The number of amides is 1. The van der Waals surface area contributed by atoms with Crippen LogP contribution in [0.3, 0.4) is 0 Å². The monoisotopic (exact) mass is 372 g/mol. The summed E-state index contributed by atoms with van der Waals surface area (Å²) < 4.78 is 43.1. The number of carbonyl (C=O) groups excluding carboxylic acids is 1. The molecule has 26 heavy (non-hydrogen) atoms. The Labute approximate surface area is 150 Å². The van der Waals surface area contributed by atoms with Gasteiger partial charge < -0.3 is 14.5 Å². The molecule has 1 amide bonds. The molecule has 9 heteroatoms. The van der Waals surface area contributed by atoms with Crippen LogP contribution in [0, 0.1) is 0 Å². The number of rotatable bonds is 3. The molecule has 0 saturated carbocycles. The highest BCUT2D eigenvalue weighted by atomic mass is 19.4. The van der Waals surface area contributed by atoms with Crippen molar-refractivity contribution >= 4 is 11.9 Å². The summed E-state index contributed by atoms with van der Waals surface area (Å²) in [5, 5.41) is 0. The molecule has 0 aliphatic carbocycles. The maximum Gasteiger partial charge on any atom is 0.417 e. The quantitative estimate of drug-likeness (QED) is 0.816. The molecule has 6 nitrogen and oxygen atoms in total. The van der Waals surface area contributed by atoms with Crippen molar-refractivity contribution in [3.8, 4) is 0 Å². The minimum Gasteiger partial charge on any atom is -0.442 e. The van der Waals surface area contributed by atoms with E-state index in [1.54, 1.807) is 9.80 Å². The molecule has 0 bridgehead atoms. The van der Waals surface area contributed by atoms with Crippen LogP contribution >= 0.6 is 0 Å². The van der Waals surface area contributed by atoms with Crippen LogP contribution < -0.4 is 4.90 Å². The maximum absolute atomic E-state index is 12.5. The van der Waals surface area contributed by atoms with Crippen molar-refractivity contribution < 1.29 is 22.7 Å². The fourth-order valence-electron chi connectivity index (χ4n) is 3.08. The third kappa shape index (κ3) is 4.20. The normalized spacial score (nSPS) is 19.6. The average molecular weight is 372 g/mol. The zero-order valence-electron chi connectivity index (χ0n) is 14.9. The van der Waals surface area contributed by atoms with Crippen LogP contribution in [0.4, 0.5) is 23.8 Å². The molecule has 2 aliphatic heterocycles. The zero-order valence-corrected chi connectivity index (χ0v) is 14.9. The summed E-state index contributed by atoms with van der Waals surface area (Å²) in [5.74, 6) is 0.454. The van der Waals surface area contributed by atoms with Gasteiger partial charge in [0.25, 0.3) is 0 Å². The van der Waals surface area contributed by atoms with Gasteiger partial charge in [-0.3, -0.25) is 4.90 Å². The van der Waals surface area contributed by atoms with Crippen LogP contribution in [0.5, 0.6) is 0 Å². The first-order chi connectivity index (χ1) is 12.2. The lowest BCUT2D eigenvalue weighted by Crippen LogP contribution is -2.56. The van der Waals surface area contributed by atoms with Gasteiger partial charge in [0, 0.05) is 38.4 Å². The Morgan fingerprint density at radius 2 is 1.85 bits per heavy atom. The standard InChI is InChI=1S/C17H23F3N4O2/c1-12(2)22-5-7-23(8-6-22)16(25)26-14-10-24(11-14)15-4-3-13(9-21-15)17(18,19)20/h3-4,9,12,14H,5-8,10-11H2,1-2H3. The Balaban J connectivity index is 1.43. The fraction of sp³-hybridized carbons (Fsp3) is 0.647. The average Bonchev–Trinajstić information content (AvgIpc) is 2.57. The van der Waals surface area contributed by atoms with Crippen LogP contribution in [0.25, 0.3) is 0 Å². The second-order valence-electron chi connectivity index (χ2n) is 6.93. The number of halogens is 3. The fourth-order valence-corrected chi connectivity index (χ4v) is 3.08. The summed E-state index contributed by atoms with van der Waals surface area (Å²) in [6, 6.07) is 2.81. The van der Waals surface area contributed by atoms with E-state index >= 15 is 0 Å². The highest BCUT2D eigenvalue weighted by Crippen LogP contribution is 2.30.